The Balaban J connectivity index is 1.43. The van der Waals surface area contributed by atoms with Crippen molar-refractivity contribution in [3.05, 3.63) is 65.9 Å². The van der Waals surface area contributed by atoms with Crippen LogP contribution in [0.15, 0.2) is 49.1 Å². The third-order valence-corrected chi connectivity index (χ3v) is 6.22. The Morgan fingerprint density at radius 3 is 2.79 bits per heavy atom. The molecule has 3 atom stereocenters. The van der Waals surface area contributed by atoms with Crippen molar-refractivity contribution in [1.29, 1.82) is 0 Å². The van der Waals surface area contributed by atoms with E-state index in [1.165, 1.54) is 47.7 Å². The second kappa shape index (κ2) is 11.0. The highest BCUT2D eigenvalue weighted by Crippen LogP contribution is 2.30. The number of nitrogens with one attached hydrogen (secondary N) is 1. The van der Waals surface area contributed by atoms with Crippen molar-refractivity contribution in [2.75, 3.05) is 11.9 Å². The zero-order valence-electron chi connectivity index (χ0n) is 19.6. The number of aliphatic hydroxyl groups is 1. The Labute approximate surface area is 214 Å². The van der Waals surface area contributed by atoms with E-state index in [1.807, 2.05) is 0 Å². The summed E-state index contributed by atoms with van der Waals surface area (Å²) in [7, 11) is -4.14. The molecule has 12 nitrogen and oxygen atoms in total. The van der Waals surface area contributed by atoms with E-state index in [4.69, 9.17) is 5.14 Å². The molecule has 38 heavy (non-hydrogen) atoms. The molecular weight excluding hydrogens is 533 g/mol. The smallest absolute Gasteiger partial charge is 0.406 e. The van der Waals surface area contributed by atoms with E-state index >= 15 is 0 Å². The lowest BCUT2D eigenvalue weighted by atomic mass is 10.1. The minimum absolute atomic E-state index is 0.0523. The zero-order chi connectivity index (χ0) is 27.5. The first-order chi connectivity index (χ1) is 17.9. The molecule has 3 aromatic rings. The predicted octanol–water partition coefficient (Wildman–Crippen LogP) is 1.62. The zero-order valence-corrected chi connectivity index (χ0v) is 20.4. The number of carbonyl (C=O) groups excluding carboxylic acids is 1. The largest absolute Gasteiger partial charge is 0.573 e. The number of ether oxygens (including phenoxy) is 1. The summed E-state index contributed by atoms with van der Waals surface area (Å²) in [6.07, 6.45) is -1.04. The SMILES string of the molecule is NS(=O)(=O)OC[C@H]1C[C@@H](Nc2ncncc2C(=O)c2ccn(Cc3cccc(OC(F)(F)F)c3)n2)C[C@@H]1O. The first-order valence-electron chi connectivity index (χ1n) is 11.2. The van der Waals surface area contributed by atoms with Crippen LogP contribution >= 0.6 is 0 Å². The number of hydrogen-bond donors (Lipinski definition) is 3. The van der Waals surface area contributed by atoms with Gasteiger partial charge in [-0.3, -0.25) is 13.7 Å². The third kappa shape index (κ3) is 7.47. The number of nitrogens with zero attached hydrogens (tertiary/aromatic N) is 4. The molecule has 0 saturated heterocycles. The molecule has 4 rings (SSSR count). The summed E-state index contributed by atoms with van der Waals surface area (Å²) in [5.74, 6) is -1.18. The van der Waals surface area contributed by atoms with Crippen LogP contribution in [0.4, 0.5) is 19.0 Å². The Bertz CT molecular complexity index is 1400. The van der Waals surface area contributed by atoms with Gasteiger partial charge in [-0.2, -0.15) is 13.5 Å². The van der Waals surface area contributed by atoms with E-state index < -0.39 is 34.5 Å². The summed E-state index contributed by atoms with van der Waals surface area (Å²) >= 11 is 0. The molecule has 204 valence electrons. The van der Waals surface area contributed by atoms with Crippen molar-refractivity contribution in [3.8, 4) is 5.75 Å². The Morgan fingerprint density at radius 2 is 2.05 bits per heavy atom. The minimum atomic E-state index is -4.82. The highest BCUT2D eigenvalue weighted by Gasteiger charge is 2.35. The van der Waals surface area contributed by atoms with Crippen LogP contribution in [0.1, 0.15) is 34.5 Å². The number of aromatic nitrogens is 4. The average Bonchev–Trinajstić information content (AvgIpc) is 3.42. The molecule has 1 fully saturated rings. The number of ketones is 1. The van der Waals surface area contributed by atoms with Gasteiger partial charge in [0.2, 0.25) is 5.78 Å². The summed E-state index contributed by atoms with van der Waals surface area (Å²) in [4.78, 5) is 21.2. The molecule has 2 heterocycles. The van der Waals surface area contributed by atoms with E-state index in [2.05, 4.69) is 29.3 Å². The lowest BCUT2D eigenvalue weighted by molar-refractivity contribution is -0.274. The quantitative estimate of drug-likeness (QED) is 0.312. The Hall–Kier alpha value is -3.60. The molecule has 0 bridgehead atoms. The van der Waals surface area contributed by atoms with Crippen LogP contribution in [0, 0.1) is 5.92 Å². The molecule has 1 aromatic carbocycles. The Morgan fingerprint density at radius 1 is 1.26 bits per heavy atom. The number of benzene rings is 1. The summed E-state index contributed by atoms with van der Waals surface area (Å²) in [6, 6.07) is 6.52. The van der Waals surface area contributed by atoms with Crippen LogP contribution in [0.3, 0.4) is 0 Å². The first kappa shape index (κ1) is 27.4. The maximum atomic E-state index is 13.2. The van der Waals surface area contributed by atoms with Gasteiger partial charge < -0.3 is 15.2 Å². The van der Waals surface area contributed by atoms with Crippen LogP contribution in [0.5, 0.6) is 5.75 Å². The van der Waals surface area contributed by atoms with Crippen molar-refractivity contribution in [1.82, 2.24) is 19.7 Å². The molecule has 1 saturated carbocycles. The topological polar surface area (TPSA) is 172 Å². The number of hydrogen-bond acceptors (Lipinski definition) is 10. The average molecular weight is 557 g/mol. The minimum Gasteiger partial charge on any atom is -0.406 e. The van der Waals surface area contributed by atoms with E-state index in [0.717, 1.165) is 0 Å². The summed E-state index contributed by atoms with van der Waals surface area (Å²) in [5.41, 5.74) is 0.633. The molecule has 16 heteroatoms. The van der Waals surface area contributed by atoms with Crippen molar-refractivity contribution < 1.29 is 40.4 Å². The summed E-state index contributed by atoms with van der Waals surface area (Å²) in [6.45, 7) is -0.197. The van der Waals surface area contributed by atoms with Gasteiger partial charge >= 0.3 is 16.7 Å². The molecule has 2 aromatic heterocycles. The molecular formula is C22H23F3N6O6S. The number of halogens is 3. The highest BCUT2D eigenvalue weighted by molar-refractivity contribution is 7.84. The van der Waals surface area contributed by atoms with Gasteiger partial charge in [0.15, 0.2) is 0 Å². The number of carbonyl (C=O) groups is 1. The molecule has 1 aliphatic carbocycles. The molecule has 0 aliphatic heterocycles. The number of aliphatic hydroxyl groups excluding tert-OH is 1. The second-order valence-electron chi connectivity index (χ2n) is 8.63. The maximum absolute atomic E-state index is 13.2. The van der Waals surface area contributed by atoms with E-state index in [1.54, 1.807) is 6.07 Å². The number of anilines is 1. The van der Waals surface area contributed by atoms with Crippen LogP contribution in [0.2, 0.25) is 0 Å². The number of rotatable bonds is 10. The van der Waals surface area contributed by atoms with Gasteiger partial charge in [0, 0.05) is 24.4 Å². The second-order valence-corrected chi connectivity index (χ2v) is 9.85. The standard InChI is InChI=1S/C22H23F3N6O6S/c23-22(24,25)37-16-3-1-2-13(6-16)10-31-5-4-18(30-31)20(33)17-9-27-12-28-21(17)29-15-7-14(19(32)8-15)11-36-38(26,34)35/h1-6,9,12,14-15,19,32H,7-8,10-11H2,(H2,26,34,35)(H,27,28,29)/t14-,15-,19+/m1/s1. The van der Waals surface area contributed by atoms with Gasteiger partial charge in [0.1, 0.15) is 23.6 Å². The molecule has 0 unspecified atom stereocenters. The van der Waals surface area contributed by atoms with Crippen LogP contribution < -0.4 is 15.2 Å². The van der Waals surface area contributed by atoms with Gasteiger partial charge in [0.25, 0.3) is 0 Å². The Kier molecular flexibility index (Phi) is 7.96. The third-order valence-electron chi connectivity index (χ3n) is 5.75. The summed E-state index contributed by atoms with van der Waals surface area (Å²) < 4.78 is 69.5. The van der Waals surface area contributed by atoms with Crippen molar-refractivity contribution in [2.45, 2.75) is 37.9 Å². The molecule has 0 radical (unpaired) electrons. The normalized spacial score (nSPS) is 19.9. The molecule has 0 spiro atoms. The van der Waals surface area contributed by atoms with Gasteiger partial charge in [-0.05, 0) is 36.6 Å². The highest BCUT2D eigenvalue weighted by atomic mass is 32.2. The van der Waals surface area contributed by atoms with Crippen LogP contribution in [-0.4, -0.2) is 64.2 Å². The summed E-state index contributed by atoms with van der Waals surface area (Å²) in [5, 5.41) is 22.4. The van der Waals surface area contributed by atoms with Gasteiger partial charge in [0.05, 0.1) is 24.8 Å². The fraction of sp³-hybridized carbons (Fsp3) is 0.364. The van der Waals surface area contributed by atoms with E-state index in [-0.39, 0.29) is 48.4 Å². The van der Waals surface area contributed by atoms with Gasteiger partial charge in [-0.1, -0.05) is 12.1 Å². The van der Waals surface area contributed by atoms with Crippen molar-refractivity contribution in [3.63, 3.8) is 0 Å². The van der Waals surface area contributed by atoms with E-state index in [0.29, 0.717) is 12.0 Å². The van der Waals surface area contributed by atoms with Gasteiger partial charge in [-0.15, -0.1) is 13.2 Å². The lowest BCUT2D eigenvalue weighted by Crippen LogP contribution is -2.24. The van der Waals surface area contributed by atoms with Crippen molar-refractivity contribution >= 4 is 21.9 Å². The van der Waals surface area contributed by atoms with Crippen LogP contribution in [0.25, 0.3) is 0 Å². The first-order valence-corrected chi connectivity index (χ1v) is 12.7. The molecule has 4 N–H and O–H groups in total. The fourth-order valence-electron chi connectivity index (χ4n) is 4.12. The lowest BCUT2D eigenvalue weighted by Gasteiger charge is -2.15. The monoisotopic (exact) mass is 556 g/mol. The fourth-order valence-corrected chi connectivity index (χ4v) is 4.49. The maximum Gasteiger partial charge on any atom is 0.573 e. The number of alkyl halides is 3. The molecule has 1 aliphatic rings. The van der Waals surface area contributed by atoms with Crippen molar-refractivity contribution in [2.24, 2.45) is 11.1 Å². The number of nitrogens with two attached hydrogens (primary N) is 1. The van der Waals surface area contributed by atoms with E-state index in [9.17, 15) is 31.5 Å². The molecule has 0 amide bonds. The van der Waals surface area contributed by atoms with Gasteiger partial charge in [-0.25, -0.2) is 15.1 Å². The predicted molar refractivity (Wildman–Crippen MR) is 125 cm³/mol. The van der Waals surface area contributed by atoms with Crippen LogP contribution in [-0.2, 0) is 21.0 Å².